The van der Waals surface area contributed by atoms with Crippen LogP contribution < -0.4 is 5.32 Å². The molecule has 0 aromatic carbocycles. The third-order valence-corrected chi connectivity index (χ3v) is 2.19. The molecule has 21 heavy (non-hydrogen) atoms. The Morgan fingerprint density at radius 2 is 1.81 bits per heavy atom. The summed E-state index contributed by atoms with van der Waals surface area (Å²) in [6, 6.07) is -0.417. The molecule has 0 fully saturated rings. The van der Waals surface area contributed by atoms with Gasteiger partial charge in [0.1, 0.15) is 18.3 Å². The fourth-order valence-corrected chi connectivity index (χ4v) is 1.24. The minimum Gasteiger partial charge on any atom is -0.463 e. The van der Waals surface area contributed by atoms with Crippen LogP contribution in [-0.4, -0.2) is 43.0 Å². The Balaban J connectivity index is 4.24. The second-order valence-corrected chi connectivity index (χ2v) is 5.40. The van der Waals surface area contributed by atoms with Gasteiger partial charge in [-0.1, -0.05) is 12.2 Å². The molecule has 0 aliphatic heterocycles. The number of ether oxygens (including phenoxy) is 3. The van der Waals surface area contributed by atoms with E-state index >= 15 is 0 Å². The molecule has 0 bridgehead atoms. The third-order valence-electron chi connectivity index (χ3n) is 2.19. The van der Waals surface area contributed by atoms with Crippen molar-refractivity contribution in [2.24, 2.45) is 0 Å². The monoisotopic (exact) mass is 299 g/mol. The van der Waals surface area contributed by atoms with Crippen LogP contribution in [-0.2, 0) is 19.0 Å². The molecule has 1 N–H and O–H groups in total. The molecule has 0 aromatic heterocycles. The second kappa shape index (κ2) is 9.18. The van der Waals surface area contributed by atoms with Gasteiger partial charge in [-0.25, -0.2) is 4.79 Å². The van der Waals surface area contributed by atoms with Gasteiger partial charge >= 0.3 is 12.1 Å². The molecule has 1 amide bonds. The smallest absolute Gasteiger partial charge is 0.408 e. The number of nitrogens with one attached hydrogen (secondary N) is 1. The minimum absolute atomic E-state index is 0.0785. The van der Waals surface area contributed by atoms with E-state index in [1.807, 2.05) is 0 Å². The molecule has 0 radical (unpaired) electrons. The summed E-state index contributed by atoms with van der Waals surface area (Å²) >= 11 is 0. The first-order valence-corrected chi connectivity index (χ1v) is 6.67. The van der Waals surface area contributed by atoms with Gasteiger partial charge < -0.3 is 19.5 Å². The summed E-state index contributed by atoms with van der Waals surface area (Å²) in [5.74, 6) is -0.391. The summed E-state index contributed by atoms with van der Waals surface area (Å²) in [6.07, 6.45) is 2.06. The predicted octanol–water partition coefficient (Wildman–Crippen LogP) is 2.20. The highest BCUT2D eigenvalue weighted by atomic mass is 16.6. The molecule has 2 atom stereocenters. The highest BCUT2D eigenvalue weighted by molar-refractivity contribution is 5.68. The van der Waals surface area contributed by atoms with E-state index in [-0.39, 0.29) is 13.2 Å². The van der Waals surface area contributed by atoms with E-state index in [4.69, 9.17) is 14.2 Å². The maximum absolute atomic E-state index is 11.6. The largest absolute Gasteiger partial charge is 0.463 e. The Morgan fingerprint density at radius 3 is 2.24 bits per heavy atom. The fraction of sp³-hybridized carbons (Fsp3) is 0.600. The lowest BCUT2D eigenvalue weighted by molar-refractivity contribution is -0.144. The molecule has 0 aliphatic carbocycles. The quantitative estimate of drug-likeness (QED) is 0.549. The standard InChI is InChI=1S/C15H25NO5/c1-7-12(16-14(18)21-15(4,5)6)9-20-13(8-2)10-19-11(3)17/h7-8,12-13H,1-2,9-10H2,3-6H3,(H,16,18)/t12-,13?/m1/s1. The summed E-state index contributed by atoms with van der Waals surface area (Å²) in [5.41, 5.74) is -0.574. The number of hydrogen-bond acceptors (Lipinski definition) is 5. The topological polar surface area (TPSA) is 73.9 Å². The highest BCUT2D eigenvalue weighted by Gasteiger charge is 2.19. The summed E-state index contributed by atoms with van der Waals surface area (Å²) in [6.45, 7) is 14.1. The summed E-state index contributed by atoms with van der Waals surface area (Å²) < 4.78 is 15.5. The van der Waals surface area contributed by atoms with Gasteiger partial charge in [0.25, 0.3) is 0 Å². The molecule has 0 saturated carbocycles. The van der Waals surface area contributed by atoms with Crippen molar-refractivity contribution in [1.82, 2.24) is 5.32 Å². The van der Waals surface area contributed by atoms with Crippen LogP contribution in [0.4, 0.5) is 4.79 Å². The summed E-state index contributed by atoms with van der Waals surface area (Å²) in [5, 5.41) is 2.62. The first-order valence-electron chi connectivity index (χ1n) is 6.67. The van der Waals surface area contributed by atoms with Gasteiger partial charge in [-0.05, 0) is 20.8 Å². The Labute approximate surface area is 126 Å². The summed E-state index contributed by atoms with van der Waals surface area (Å²) in [4.78, 5) is 22.4. The lowest BCUT2D eigenvalue weighted by Crippen LogP contribution is -2.41. The lowest BCUT2D eigenvalue weighted by Gasteiger charge is -2.23. The van der Waals surface area contributed by atoms with Crippen LogP contribution in [0.5, 0.6) is 0 Å². The van der Waals surface area contributed by atoms with Crippen molar-refractivity contribution >= 4 is 12.1 Å². The van der Waals surface area contributed by atoms with Gasteiger partial charge in [-0.15, -0.1) is 13.2 Å². The van der Waals surface area contributed by atoms with Crippen molar-refractivity contribution in [3.63, 3.8) is 0 Å². The van der Waals surface area contributed by atoms with Crippen LogP contribution in [0.2, 0.25) is 0 Å². The van der Waals surface area contributed by atoms with Gasteiger partial charge in [-0.2, -0.15) is 0 Å². The van der Waals surface area contributed by atoms with Crippen LogP contribution >= 0.6 is 0 Å². The molecule has 6 nitrogen and oxygen atoms in total. The van der Waals surface area contributed by atoms with Gasteiger partial charge in [0.05, 0.1) is 12.6 Å². The Morgan fingerprint density at radius 1 is 1.19 bits per heavy atom. The normalized spacial score (nSPS) is 13.7. The zero-order valence-corrected chi connectivity index (χ0v) is 13.2. The van der Waals surface area contributed by atoms with Gasteiger partial charge in [0.15, 0.2) is 0 Å². The average molecular weight is 299 g/mol. The second-order valence-electron chi connectivity index (χ2n) is 5.40. The van der Waals surface area contributed by atoms with Crippen molar-refractivity contribution < 1.29 is 23.8 Å². The number of carbonyl (C=O) groups is 2. The van der Waals surface area contributed by atoms with Crippen molar-refractivity contribution in [3.8, 4) is 0 Å². The first kappa shape index (κ1) is 19.2. The summed E-state index contributed by atoms with van der Waals surface area (Å²) in [7, 11) is 0. The molecule has 0 heterocycles. The van der Waals surface area contributed by atoms with Crippen LogP contribution in [0.3, 0.4) is 0 Å². The first-order chi connectivity index (χ1) is 9.67. The Hall–Kier alpha value is -1.82. The maximum Gasteiger partial charge on any atom is 0.408 e. The lowest BCUT2D eigenvalue weighted by atomic mass is 10.2. The van der Waals surface area contributed by atoms with E-state index < -0.39 is 29.8 Å². The zero-order valence-electron chi connectivity index (χ0n) is 13.2. The molecule has 0 rings (SSSR count). The molecule has 0 aliphatic rings. The number of alkyl carbamates (subject to hydrolysis) is 1. The molecule has 120 valence electrons. The molecule has 0 spiro atoms. The van der Waals surface area contributed by atoms with Crippen molar-refractivity contribution in [2.75, 3.05) is 13.2 Å². The average Bonchev–Trinajstić information content (AvgIpc) is 2.34. The number of hydrogen-bond donors (Lipinski definition) is 1. The molecule has 1 unspecified atom stereocenters. The number of carbonyl (C=O) groups excluding carboxylic acids is 2. The number of esters is 1. The SMILES string of the molecule is C=CC(COC(C)=O)OC[C@@H](C=C)NC(=O)OC(C)(C)C. The van der Waals surface area contributed by atoms with E-state index in [2.05, 4.69) is 18.5 Å². The van der Waals surface area contributed by atoms with Crippen molar-refractivity contribution in [2.45, 2.75) is 45.4 Å². The van der Waals surface area contributed by atoms with Crippen molar-refractivity contribution in [1.29, 1.82) is 0 Å². The fourth-order valence-electron chi connectivity index (χ4n) is 1.24. The van der Waals surface area contributed by atoms with Crippen LogP contribution in [0, 0.1) is 0 Å². The Kier molecular flexibility index (Phi) is 8.38. The van der Waals surface area contributed by atoms with Crippen LogP contribution in [0.1, 0.15) is 27.7 Å². The van der Waals surface area contributed by atoms with Crippen LogP contribution in [0.15, 0.2) is 25.3 Å². The zero-order chi connectivity index (χ0) is 16.5. The van der Waals surface area contributed by atoms with Crippen LogP contribution in [0.25, 0.3) is 0 Å². The molecule has 6 heteroatoms. The van der Waals surface area contributed by atoms with Gasteiger partial charge in [0.2, 0.25) is 0 Å². The van der Waals surface area contributed by atoms with E-state index in [0.717, 1.165) is 0 Å². The van der Waals surface area contributed by atoms with Gasteiger partial charge in [-0.3, -0.25) is 4.79 Å². The molecule has 0 saturated heterocycles. The van der Waals surface area contributed by atoms with Gasteiger partial charge in [0, 0.05) is 6.92 Å². The van der Waals surface area contributed by atoms with E-state index in [1.165, 1.54) is 19.1 Å². The predicted molar refractivity (Wildman–Crippen MR) is 79.9 cm³/mol. The maximum atomic E-state index is 11.6. The highest BCUT2D eigenvalue weighted by Crippen LogP contribution is 2.07. The molecule has 0 aromatic rings. The Bertz CT molecular complexity index is 373. The van der Waals surface area contributed by atoms with E-state index in [0.29, 0.717) is 0 Å². The number of amides is 1. The van der Waals surface area contributed by atoms with E-state index in [1.54, 1.807) is 20.8 Å². The molecular formula is C15H25NO5. The van der Waals surface area contributed by atoms with E-state index in [9.17, 15) is 9.59 Å². The number of rotatable bonds is 8. The minimum atomic E-state index is -0.574. The van der Waals surface area contributed by atoms with Crippen molar-refractivity contribution in [3.05, 3.63) is 25.3 Å². The third kappa shape index (κ3) is 10.6. The molecular weight excluding hydrogens is 274 g/mol.